The number of carbonyl (C=O) groups is 1. The van der Waals surface area contributed by atoms with E-state index in [2.05, 4.69) is 21.2 Å². The van der Waals surface area contributed by atoms with E-state index in [0.29, 0.717) is 5.56 Å². The Kier molecular flexibility index (Phi) is 4.79. The van der Waals surface area contributed by atoms with Crippen LogP contribution in [0.5, 0.6) is 5.75 Å². The molecular formula is C16H16BrNO2. The Balaban J connectivity index is 2.04. The van der Waals surface area contributed by atoms with Gasteiger partial charge in [0, 0.05) is 10.0 Å². The van der Waals surface area contributed by atoms with Crippen LogP contribution in [0.4, 0.5) is 0 Å². The highest BCUT2D eigenvalue weighted by Gasteiger charge is 2.11. The normalized spacial score (nSPS) is 11.8. The molecule has 1 unspecified atom stereocenters. The first-order chi connectivity index (χ1) is 9.60. The van der Waals surface area contributed by atoms with E-state index in [4.69, 9.17) is 4.74 Å². The maximum absolute atomic E-state index is 12.1. The van der Waals surface area contributed by atoms with E-state index >= 15 is 0 Å². The van der Waals surface area contributed by atoms with E-state index in [1.165, 1.54) is 0 Å². The summed E-state index contributed by atoms with van der Waals surface area (Å²) >= 11 is 3.40. The van der Waals surface area contributed by atoms with E-state index in [-0.39, 0.29) is 11.9 Å². The van der Waals surface area contributed by atoms with E-state index in [0.717, 1.165) is 15.8 Å². The van der Waals surface area contributed by atoms with Crippen molar-refractivity contribution in [1.29, 1.82) is 0 Å². The average Bonchev–Trinajstić information content (AvgIpc) is 2.48. The fourth-order valence-electron chi connectivity index (χ4n) is 1.86. The number of benzene rings is 2. The van der Waals surface area contributed by atoms with Gasteiger partial charge >= 0.3 is 0 Å². The maximum atomic E-state index is 12.1. The Morgan fingerprint density at radius 3 is 2.25 bits per heavy atom. The average molecular weight is 334 g/mol. The van der Waals surface area contributed by atoms with Crippen LogP contribution in [0, 0.1) is 0 Å². The largest absolute Gasteiger partial charge is 0.497 e. The number of methoxy groups -OCH3 is 1. The number of carbonyl (C=O) groups excluding carboxylic acids is 1. The zero-order chi connectivity index (χ0) is 14.5. The molecule has 0 aliphatic carbocycles. The maximum Gasteiger partial charge on any atom is 0.251 e. The molecule has 4 heteroatoms. The van der Waals surface area contributed by atoms with Crippen molar-refractivity contribution in [2.24, 2.45) is 0 Å². The SMILES string of the molecule is COc1ccc(C(=O)NC(C)c2ccc(Br)cc2)cc1. The van der Waals surface area contributed by atoms with Crippen LogP contribution in [0.1, 0.15) is 28.9 Å². The minimum Gasteiger partial charge on any atom is -0.497 e. The highest BCUT2D eigenvalue weighted by atomic mass is 79.9. The molecule has 0 bridgehead atoms. The van der Waals surface area contributed by atoms with Crippen LogP contribution < -0.4 is 10.1 Å². The molecule has 0 saturated carbocycles. The first-order valence-electron chi connectivity index (χ1n) is 6.30. The van der Waals surface area contributed by atoms with Crippen LogP contribution in [0.15, 0.2) is 53.0 Å². The van der Waals surface area contributed by atoms with E-state index in [9.17, 15) is 4.79 Å². The van der Waals surface area contributed by atoms with Crippen molar-refractivity contribution in [3.63, 3.8) is 0 Å². The van der Waals surface area contributed by atoms with Gasteiger partial charge in [-0.05, 0) is 48.9 Å². The number of hydrogen-bond donors (Lipinski definition) is 1. The fourth-order valence-corrected chi connectivity index (χ4v) is 2.12. The van der Waals surface area contributed by atoms with Gasteiger partial charge in [0.1, 0.15) is 5.75 Å². The lowest BCUT2D eigenvalue weighted by Crippen LogP contribution is -2.26. The first-order valence-corrected chi connectivity index (χ1v) is 7.10. The van der Waals surface area contributed by atoms with Gasteiger partial charge in [0.2, 0.25) is 0 Å². The summed E-state index contributed by atoms with van der Waals surface area (Å²) in [5, 5.41) is 2.97. The van der Waals surface area contributed by atoms with Crippen LogP contribution in [-0.2, 0) is 0 Å². The lowest BCUT2D eigenvalue weighted by Gasteiger charge is -2.14. The van der Waals surface area contributed by atoms with Gasteiger partial charge in [0.25, 0.3) is 5.91 Å². The van der Waals surface area contributed by atoms with Gasteiger partial charge in [-0.15, -0.1) is 0 Å². The molecule has 20 heavy (non-hydrogen) atoms. The predicted molar refractivity (Wildman–Crippen MR) is 83.0 cm³/mol. The molecule has 2 rings (SSSR count). The fraction of sp³-hybridized carbons (Fsp3) is 0.188. The molecule has 0 saturated heterocycles. The first kappa shape index (κ1) is 14.6. The van der Waals surface area contributed by atoms with Gasteiger partial charge in [-0.3, -0.25) is 4.79 Å². The summed E-state index contributed by atoms with van der Waals surface area (Å²) in [4.78, 5) is 12.1. The highest BCUT2D eigenvalue weighted by molar-refractivity contribution is 9.10. The van der Waals surface area contributed by atoms with Crippen molar-refractivity contribution in [2.45, 2.75) is 13.0 Å². The monoisotopic (exact) mass is 333 g/mol. The van der Waals surface area contributed by atoms with Crippen LogP contribution in [0.3, 0.4) is 0 Å². The Morgan fingerprint density at radius 2 is 1.70 bits per heavy atom. The van der Waals surface area contributed by atoms with Crippen molar-refractivity contribution >= 4 is 21.8 Å². The number of halogens is 1. The highest BCUT2D eigenvalue weighted by Crippen LogP contribution is 2.17. The van der Waals surface area contributed by atoms with Crippen molar-refractivity contribution in [2.75, 3.05) is 7.11 Å². The van der Waals surface area contributed by atoms with Crippen molar-refractivity contribution < 1.29 is 9.53 Å². The molecular weight excluding hydrogens is 318 g/mol. The van der Waals surface area contributed by atoms with E-state index in [1.54, 1.807) is 31.4 Å². The predicted octanol–water partition coefficient (Wildman–Crippen LogP) is 3.95. The summed E-state index contributed by atoms with van der Waals surface area (Å²) in [6, 6.07) is 14.9. The summed E-state index contributed by atoms with van der Waals surface area (Å²) in [6.07, 6.45) is 0. The molecule has 3 nitrogen and oxygen atoms in total. The standard InChI is InChI=1S/C16H16BrNO2/c1-11(12-3-7-14(17)8-4-12)18-16(19)13-5-9-15(20-2)10-6-13/h3-11H,1-2H3,(H,18,19). The molecule has 0 aliphatic rings. The minimum absolute atomic E-state index is 0.0438. The quantitative estimate of drug-likeness (QED) is 0.919. The molecule has 0 radical (unpaired) electrons. The molecule has 1 N–H and O–H groups in total. The number of hydrogen-bond acceptors (Lipinski definition) is 2. The summed E-state index contributed by atoms with van der Waals surface area (Å²) in [5.41, 5.74) is 1.69. The summed E-state index contributed by atoms with van der Waals surface area (Å²) in [5.74, 6) is 0.644. The van der Waals surface area contributed by atoms with Gasteiger partial charge < -0.3 is 10.1 Å². The lowest BCUT2D eigenvalue weighted by atomic mass is 10.1. The van der Waals surface area contributed by atoms with Gasteiger partial charge in [-0.1, -0.05) is 28.1 Å². The van der Waals surface area contributed by atoms with Crippen LogP contribution in [-0.4, -0.2) is 13.0 Å². The zero-order valence-corrected chi connectivity index (χ0v) is 13.0. The van der Waals surface area contributed by atoms with Crippen molar-refractivity contribution in [3.05, 3.63) is 64.1 Å². The number of ether oxygens (including phenoxy) is 1. The zero-order valence-electron chi connectivity index (χ0n) is 11.4. The summed E-state index contributed by atoms with van der Waals surface area (Å²) in [7, 11) is 1.60. The Labute approximate surface area is 127 Å². The van der Waals surface area contributed by atoms with Crippen molar-refractivity contribution in [1.82, 2.24) is 5.32 Å². The second-order valence-corrected chi connectivity index (χ2v) is 5.39. The number of rotatable bonds is 4. The third-order valence-electron chi connectivity index (χ3n) is 3.07. The molecule has 0 spiro atoms. The molecule has 2 aromatic rings. The summed E-state index contributed by atoms with van der Waals surface area (Å²) < 4.78 is 6.10. The molecule has 2 aromatic carbocycles. The summed E-state index contributed by atoms with van der Waals surface area (Å²) in [6.45, 7) is 1.96. The van der Waals surface area contributed by atoms with Gasteiger partial charge in [0.15, 0.2) is 0 Å². The Hall–Kier alpha value is -1.81. The molecule has 0 fully saturated rings. The lowest BCUT2D eigenvalue weighted by molar-refractivity contribution is 0.0940. The van der Waals surface area contributed by atoms with Gasteiger partial charge in [-0.25, -0.2) is 0 Å². The van der Waals surface area contributed by atoms with Gasteiger partial charge in [0.05, 0.1) is 13.2 Å². The Bertz CT molecular complexity index is 578. The van der Waals surface area contributed by atoms with E-state index in [1.807, 2.05) is 31.2 Å². The topological polar surface area (TPSA) is 38.3 Å². The van der Waals surface area contributed by atoms with Crippen LogP contribution in [0.2, 0.25) is 0 Å². The molecule has 1 atom stereocenters. The minimum atomic E-state index is -0.0944. The van der Waals surface area contributed by atoms with E-state index < -0.39 is 0 Å². The smallest absolute Gasteiger partial charge is 0.251 e. The molecule has 0 heterocycles. The third-order valence-corrected chi connectivity index (χ3v) is 3.60. The van der Waals surface area contributed by atoms with Gasteiger partial charge in [-0.2, -0.15) is 0 Å². The second-order valence-electron chi connectivity index (χ2n) is 4.48. The van der Waals surface area contributed by atoms with Crippen LogP contribution in [0.25, 0.3) is 0 Å². The Morgan fingerprint density at radius 1 is 1.10 bits per heavy atom. The van der Waals surface area contributed by atoms with Crippen molar-refractivity contribution in [3.8, 4) is 5.75 Å². The molecule has 104 valence electrons. The molecule has 0 aliphatic heterocycles. The number of amides is 1. The second kappa shape index (κ2) is 6.57. The van der Waals surface area contributed by atoms with Crippen LogP contribution >= 0.6 is 15.9 Å². The third kappa shape index (κ3) is 3.61. The molecule has 0 aromatic heterocycles. The molecule has 1 amide bonds. The number of nitrogens with one attached hydrogen (secondary N) is 1.